The van der Waals surface area contributed by atoms with Crippen molar-refractivity contribution < 1.29 is 19.4 Å². The van der Waals surface area contributed by atoms with Gasteiger partial charge in [-0.3, -0.25) is 9.59 Å². The SMILES string of the molecule is CCc1c(OCC(=O)Nc2cc(Cl)ccc2OC)c(=O)ccn1CCO. The zero-order valence-electron chi connectivity index (χ0n) is 14.6. The van der Waals surface area contributed by atoms with E-state index in [1.165, 1.54) is 13.2 Å². The van der Waals surface area contributed by atoms with Crippen LogP contribution in [0.4, 0.5) is 5.69 Å². The van der Waals surface area contributed by atoms with Gasteiger partial charge in [-0.1, -0.05) is 18.5 Å². The van der Waals surface area contributed by atoms with Gasteiger partial charge >= 0.3 is 0 Å². The smallest absolute Gasteiger partial charge is 0.262 e. The lowest BCUT2D eigenvalue weighted by atomic mass is 10.2. The third kappa shape index (κ3) is 4.77. The topological polar surface area (TPSA) is 89.8 Å². The van der Waals surface area contributed by atoms with Crippen molar-refractivity contribution in [3.63, 3.8) is 0 Å². The molecule has 140 valence electrons. The van der Waals surface area contributed by atoms with Crippen LogP contribution in [0.5, 0.6) is 11.5 Å². The minimum absolute atomic E-state index is 0.0651. The van der Waals surface area contributed by atoms with Crippen LogP contribution in [0.3, 0.4) is 0 Å². The highest BCUT2D eigenvalue weighted by Gasteiger charge is 2.14. The summed E-state index contributed by atoms with van der Waals surface area (Å²) in [6, 6.07) is 6.20. The summed E-state index contributed by atoms with van der Waals surface area (Å²) in [6.45, 7) is 1.80. The molecule has 0 aliphatic carbocycles. The van der Waals surface area contributed by atoms with Gasteiger partial charge in [0.25, 0.3) is 5.91 Å². The standard InChI is InChI=1S/C18H21ClN2O5/c1-3-14-18(15(23)6-7-21(14)8-9-22)26-11-17(24)20-13-10-12(19)4-5-16(13)25-2/h4-7,10,22H,3,8-9,11H2,1-2H3,(H,20,24). The Morgan fingerprint density at radius 3 is 2.77 bits per heavy atom. The maximum atomic E-state index is 12.2. The molecule has 1 amide bonds. The Balaban J connectivity index is 2.14. The van der Waals surface area contributed by atoms with Gasteiger partial charge in [-0.25, -0.2) is 0 Å². The molecule has 0 saturated carbocycles. The van der Waals surface area contributed by atoms with Crippen LogP contribution in [0.2, 0.25) is 5.02 Å². The second-order valence-corrected chi connectivity index (χ2v) is 5.84. The molecule has 1 heterocycles. The number of hydrogen-bond donors (Lipinski definition) is 2. The van der Waals surface area contributed by atoms with Gasteiger partial charge in [-0.2, -0.15) is 0 Å². The fourth-order valence-corrected chi connectivity index (χ4v) is 2.71. The minimum Gasteiger partial charge on any atom is -0.495 e. The molecule has 0 fully saturated rings. The summed E-state index contributed by atoms with van der Waals surface area (Å²) >= 11 is 5.94. The van der Waals surface area contributed by atoms with Crippen molar-refractivity contribution in [1.29, 1.82) is 0 Å². The van der Waals surface area contributed by atoms with E-state index in [1.54, 1.807) is 29.0 Å². The summed E-state index contributed by atoms with van der Waals surface area (Å²) in [7, 11) is 1.48. The molecule has 0 radical (unpaired) electrons. The molecule has 2 aromatic rings. The van der Waals surface area contributed by atoms with Crippen LogP contribution in [0.1, 0.15) is 12.6 Å². The van der Waals surface area contributed by atoms with Gasteiger partial charge in [-0.15, -0.1) is 0 Å². The quantitative estimate of drug-likeness (QED) is 0.731. The van der Waals surface area contributed by atoms with Crippen LogP contribution in [-0.2, 0) is 17.8 Å². The Bertz CT molecular complexity index is 835. The highest BCUT2D eigenvalue weighted by Crippen LogP contribution is 2.27. The number of anilines is 1. The molecule has 1 aromatic heterocycles. The summed E-state index contributed by atoms with van der Waals surface area (Å²) in [5.41, 5.74) is 0.721. The van der Waals surface area contributed by atoms with E-state index in [4.69, 9.17) is 26.2 Å². The van der Waals surface area contributed by atoms with Crippen LogP contribution in [-0.4, -0.2) is 35.9 Å². The number of aliphatic hydroxyl groups excluding tert-OH is 1. The number of carbonyl (C=O) groups excluding carboxylic acids is 1. The lowest BCUT2D eigenvalue weighted by Crippen LogP contribution is -2.24. The van der Waals surface area contributed by atoms with Crippen LogP contribution >= 0.6 is 11.6 Å². The summed E-state index contributed by atoms with van der Waals surface area (Å²) < 4.78 is 12.4. The van der Waals surface area contributed by atoms with Gasteiger partial charge in [-0.05, 0) is 24.6 Å². The second kappa shape index (κ2) is 9.26. The lowest BCUT2D eigenvalue weighted by Gasteiger charge is -2.16. The van der Waals surface area contributed by atoms with Gasteiger partial charge in [0.1, 0.15) is 5.75 Å². The zero-order valence-corrected chi connectivity index (χ0v) is 15.4. The third-order valence-corrected chi connectivity index (χ3v) is 3.93. The maximum Gasteiger partial charge on any atom is 0.262 e. The summed E-state index contributed by atoms with van der Waals surface area (Å²) in [4.78, 5) is 24.3. The van der Waals surface area contributed by atoms with Crippen molar-refractivity contribution >= 4 is 23.2 Å². The monoisotopic (exact) mass is 380 g/mol. The summed E-state index contributed by atoms with van der Waals surface area (Å²) in [5.74, 6) is 0.114. The molecule has 0 unspecified atom stereocenters. The predicted octanol–water partition coefficient (Wildman–Crippen LogP) is 2.08. The van der Waals surface area contributed by atoms with Crippen molar-refractivity contribution in [2.45, 2.75) is 19.9 Å². The van der Waals surface area contributed by atoms with Crippen LogP contribution in [0.25, 0.3) is 0 Å². The first kappa shape index (κ1) is 19.8. The molecule has 0 spiro atoms. The van der Waals surface area contributed by atoms with Crippen molar-refractivity contribution in [2.24, 2.45) is 0 Å². The number of methoxy groups -OCH3 is 1. The Labute approximate surface area is 156 Å². The first-order valence-electron chi connectivity index (χ1n) is 8.09. The number of aliphatic hydroxyl groups is 1. The number of amides is 1. The van der Waals surface area contributed by atoms with Crippen molar-refractivity contribution in [1.82, 2.24) is 4.57 Å². The van der Waals surface area contributed by atoms with E-state index >= 15 is 0 Å². The van der Waals surface area contributed by atoms with E-state index in [9.17, 15) is 9.59 Å². The van der Waals surface area contributed by atoms with E-state index in [2.05, 4.69) is 5.32 Å². The van der Waals surface area contributed by atoms with E-state index in [-0.39, 0.29) is 24.4 Å². The van der Waals surface area contributed by atoms with Gasteiger partial charge < -0.3 is 24.5 Å². The maximum absolute atomic E-state index is 12.2. The average Bonchev–Trinajstić information content (AvgIpc) is 2.62. The Hall–Kier alpha value is -2.51. The fourth-order valence-electron chi connectivity index (χ4n) is 2.53. The molecule has 2 N–H and O–H groups in total. The Kier molecular flexibility index (Phi) is 7.06. The van der Waals surface area contributed by atoms with Crippen LogP contribution < -0.4 is 20.2 Å². The molecule has 26 heavy (non-hydrogen) atoms. The fraction of sp³-hybridized carbons (Fsp3) is 0.333. The molecule has 7 nitrogen and oxygen atoms in total. The number of ether oxygens (including phenoxy) is 2. The van der Waals surface area contributed by atoms with Crippen LogP contribution in [0.15, 0.2) is 35.3 Å². The number of nitrogens with zero attached hydrogens (tertiary/aromatic N) is 1. The zero-order chi connectivity index (χ0) is 19.1. The van der Waals surface area contributed by atoms with Gasteiger partial charge in [0, 0.05) is 23.8 Å². The van der Waals surface area contributed by atoms with Gasteiger partial charge in [0.2, 0.25) is 5.43 Å². The number of pyridine rings is 1. The van der Waals surface area contributed by atoms with E-state index in [0.29, 0.717) is 35.1 Å². The predicted molar refractivity (Wildman–Crippen MR) is 99.3 cm³/mol. The third-order valence-electron chi connectivity index (χ3n) is 3.70. The number of halogens is 1. The van der Waals surface area contributed by atoms with Gasteiger partial charge in [0.05, 0.1) is 25.1 Å². The molecule has 0 aliphatic rings. The summed E-state index contributed by atoms with van der Waals surface area (Å²) in [5, 5.41) is 12.2. The average molecular weight is 381 g/mol. The molecule has 1 aromatic carbocycles. The summed E-state index contributed by atoms with van der Waals surface area (Å²) in [6.07, 6.45) is 2.12. The number of benzene rings is 1. The van der Waals surface area contributed by atoms with Gasteiger partial charge in [0.15, 0.2) is 12.4 Å². The normalized spacial score (nSPS) is 10.5. The number of hydrogen-bond acceptors (Lipinski definition) is 5. The lowest BCUT2D eigenvalue weighted by molar-refractivity contribution is -0.118. The molecule has 0 bridgehead atoms. The molecule has 0 saturated heterocycles. The van der Waals surface area contributed by atoms with Crippen molar-refractivity contribution in [2.75, 3.05) is 25.6 Å². The highest BCUT2D eigenvalue weighted by atomic mass is 35.5. The molecule has 0 atom stereocenters. The molecule has 0 aliphatic heterocycles. The molecular weight excluding hydrogens is 360 g/mol. The Morgan fingerprint density at radius 1 is 1.35 bits per heavy atom. The number of aromatic nitrogens is 1. The first-order valence-corrected chi connectivity index (χ1v) is 8.47. The number of carbonyl (C=O) groups is 1. The van der Waals surface area contributed by atoms with Crippen molar-refractivity contribution in [3.05, 3.63) is 51.4 Å². The second-order valence-electron chi connectivity index (χ2n) is 5.41. The number of rotatable bonds is 8. The highest BCUT2D eigenvalue weighted by molar-refractivity contribution is 6.31. The minimum atomic E-state index is -0.454. The Morgan fingerprint density at radius 2 is 2.12 bits per heavy atom. The van der Waals surface area contributed by atoms with Crippen LogP contribution in [0, 0.1) is 0 Å². The molecule has 8 heteroatoms. The van der Waals surface area contributed by atoms with E-state index in [0.717, 1.165) is 0 Å². The molecular formula is C18H21ClN2O5. The van der Waals surface area contributed by atoms with E-state index < -0.39 is 5.91 Å². The number of nitrogens with one attached hydrogen (secondary N) is 1. The largest absolute Gasteiger partial charge is 0.495 e. The first-order chi connectivity index (χ1) is 12.5. The van der Waals surface area contributed by atoms with Crippen molar-refractivity contribution in [3.8, 4) is 11.5 Å². The molecule has 2 rings (SSSR count). The van der Waals surface area contributed by atoms with E-state index in [1.807, 2.05) is 6.92 Å².